The van der Waals surface area contributed by atoms with E-state index >= 15 is 0 Å². The van der Waals surface area contributed by atoms with E-state index in [0.717, 1.165) is 0 Å². The number of carbonyl (C=O) groups is 1. The van der Waals surface area contributed by atoms with Crippen LogP contribution in [-0.4, -0.2) is 75.5 Å². The van der Waals surface area contributed by atoms with Gasteiger partial charge >= 0.3 is 6.16 Å². The Hall–Kier alpha value is -0.825. The lowest BCUT2D eigenvalue weighted by Crippen LogP contribution is -2.40. The molecule has 0 aromatic rings. The van der Waals surface area contributed by atoms with Gasteiger partial charge in [-0.3, -0.25) is 0 Å². The molecule has 2 N–H and O–H groups in total. The van der Waals surface area contributed by atoms with E-state index in [2.05, 4.69) is 4.74 Å². The fourth-order valence-electron chi connectivity index (χ4n) is 1.62. The van der Waals surface area contributed by atoms with Gasteiger partial charge in [0, 0.05) is 13.1 Å². The molecule has 0 amide bonds. The minimum absolute atomic E-state index is 0.232. The highest BCUT2D eigenvalue weighted by molar-refractivity contribution is 6.11. The molecule has 0 saturated carbocycles. The summed E-state index contributed by atoms with van der Waals surface area (Å²) < 4.78 is 19.9. The van der Waals surface area contributed by atoms with Crippen LogP contribution in [0.5, 0.6) is 0 Å². The smallest absolute Gasteiger partial charge is 0.450 e. The normalized spacial score (nSPS) is 32.6. The first-order chi connectivity index (χ1) is 8.10. The molecule has 4 unspecified atom stereocenters. The van der Waals surface area contributed by atoms with Crippen LogP contribution < -0.4 is 0 Å². The molecule has 1 rings (SSSR count). The summed E-state index contributed by atoms with van der Waals surface area (Å²) in [7, 11) is 7.13. The van der Waals surface area contributed by atoms with Crippen molar-refractivity contribution < 1.29 is 34.0 Å². The Kier molecular flexibility index (Phi) is 5.69. The minimum atomic E-state index is -1.47. The summed E-state index contributed by atoms with van der Waals surface area (Å²) in [6.45, 7) is 0.179. The zero-order chi connectivity index (χ0) is 12.8. The van der Waals surface area contributed by atoms with Gasteiger partial charge in [-0.05, 0) is 0 Å². The Bertz CT molecular complexity index is 249. The van der Waals surface area contributed by atoms with Gasteiger partial charge in [-0.1, -0.05) is 0 Å². The van der Waals surface area contributed by atoms with Crippen molar-refractivity contribution in [2.75, 3.05) is 26.9 Å². The van der Waals surface area contributed by atoms with E-state index in [1.54, 1.807) is 0 Å². The van der Waals surface area contributed by atoms with Crippen LogP contribution in [0.3, 0.4) is 0 Å². The van der Waals surface area contributed by atoms with Crippen molar-refractivity contribution in [1.82, 2.24) is 0 Å². The summed E-state index contributed by atoms with van der Waals surface area (Å²) in [5.74, 6) is 0. The lowest BCUT2D eigenvalue weighted by Gasteiger charge is -2.22. The molecule has 0 aromatic carbocycles. The lowest BCUT2D eigenvalue weighted by atomic mass is 9.93. The highest BCUT2D eigenvalue weighted by atomic mass is 16.7. The topological polar surface area (TPSA) is 94.5 Å². The van der Waals surface area contributed by atoms with Crippen LogP contribution in [0.2, 0.25) is 0 Å². The van der Waals surface area contributed by atoms with E-state index in [1.807, 2.05) is 0 Å². The van der Waals surface area contributed by atoms with Gasteiger partial charge < -0.3 is 29.2 Å². The Morgan fingerprint density at radius 1 is 1.41 bits per heavy atom. The van der Waals surface area contributed by atoms with E-state index < -0.39 is 37.1 Å². The Morgan fingerprint density at radius 2 is 2.12 bits per heavy atom. The van der Waals surface area contributed by atoms with E-state index in [4.69, 9.17) is 32.3 Å². The summed E-state index contributed by atoms with van der Waals surface area (Å²) in [5, 5.41) is 17.6. The van der Waals surface area contributed by atoms with Crippen LogP contribution in [0, 0.1) is 0 Å². The van der Waals surface area contributed by atoms with Crippen molar-refractivity contribution in [3.05, 3.63) is 0 Å². The molecule has 1 aliphatic rings. The van der Waals surface area contributed by atoms with E-state index in [1.165, 1.54) is 7.11 Å². The predicted molar refractivity (Wildman–Crippen MR) is 56.0 cm³/mol. The largest absolute Gasteiger partial charge is 0.506 e. The molecule has 96 valence electrons. The second-order valence-corrected chi connectivity index (χ2v) is 3.50. The molecule has 2 radical (unpaired) electrons. The third-order valence-corrected chi connectivity index (χ3v) is 2.36. The molecule has 1 aliphatic heterocycles. The van der Waals surface area contributed by atoms with Crippen LogP contribution in [0.15, 0.2) is 0 Å². The van der Waals surface area contributed by atoms with Crippen LogP contribution in [0.4, 0.5) is 4.79 Å². The number of aliphatic hydroxyl groups is 1. The molecule has 7 nitrogen and oxygen atoms in total. The molecule has 1 saturated heterocycles. The lowest BCUT2D eigenvalue weighted by molar-refractivity contribution is -0.0594. The van der Waals surface area contributed by atoms with Crippen LogP contribution in [0.25, 0.3) is 0 Å². The van der Waals surface area contributed by atoms with E-state index in [0.29, 0.717) is 6.61 Å². The molecule has 1 fully saturated rings. The van der Waals surface area contributed by atoms with Crippen molar-refractivity contribution in [3.63, 3.8) is 0 Å². The van der Waals surface area contributed by atoms with Crippen LogP contribution in [-0.2, 0) is 18.9 Å². The zero-order valence-electron chi connectivity index (χ0n) is 9.44. The number of carboxylic acid groups (broad SMARTS) is 1. The Morgan fingerprint density at radius 3 is 2.65 bits per heavy atom. The summed E-state index contributed by atoms with van der Waals surface area (Å²) >= 11 is 0. The summed E-state index contributed by atoms with van der Waals surface area (Å²) in [6, 6.07) is -0.839. The van der Waals surface area contributed by atoms with Crippen LogP contribution >= 0.6 is 0 Å². The van der Waals surface area contributed by atoms with Crippen molar-refractivity contribution in [1.29, 1.82) is 0 Å². The molecular formula is C9H15BO7. The van der Waals surface area contributed by atoms with Crippen molar-refractivity contribution >= 4 is 14.0 Å². The number of aliphatic hydroxyl groups excluding tert-OH is 1. The molecule has 17 heavy (non-hydrogen) atoms. The Balaban J connectivity index is 2.58. The van der Waals surface area contributed by atoms with E-state index in [9.17, 15) is 4.79 Å². The van der Waals surface area contributed by atoms with Crippen molar-refractivity contribution in [2.45, 2.75) is 24.3 Å². The second-order valence-electron chi connectivity index (χ2n) is 3.50. The highest BCUT2D eigenvalue weighted by Crippen LogP contribution is 2.25. The third kappa shape index (κ3) is 3.84. The monoisotopic (exact) mass is 246 g/mol. The third-order valence-electron chi connectivity index (χ3n) is 2.36. The molecule has 0 bridgehead atoms. The van der Waals surface area contributed by atoms with Crippen molar-refractivity contribution in [3.8, 4) is 0 Å². The summed E-state index contributed by atoms with van der Waals surface area (Å²) in [4.78, 5) is 10.5. The first kappa shape index (κ1) is 14.2. The van der Waals surface area contributed by atoms with Gasteiger partial charge in [0.25, 0.3) is 0 Å². The van der Waals surface area contributed by atoms with Crippen LogP contribution in [0.1, 0.15) is 0 Å². The zero-order valence-corrected chi connectivity index (χ0v) is 9.44. The average Bonchev–Trinajstić information content (AvgIpc) is 2.56. The number of methoxy groups -OCH3 is 1. The first-order valence-electron chi connectivity index (χ1n) is 5.12. The fraction of sp³-hybridized carbons (Fsp3) is 0.889. The van der Waals surface area contributed by atoms with Gasteiger partial charge in [-0.2, -0.15) is 0 Å². The molecule has 0 spiro atoms. The number of hydrogen-bond acceptors (Lipinski definition) is 6. The number of hydrogen-bond donors (Lipinski definition) is 2. The van der Waals surface area contributed by atoms with Gasteiger partial charge in [-0.25, -0.2) is 4.79 Å². The van der Waals surface area contributed by atoms with Gasteiger partial charge in [0.05, 0.1) is 19.8 Å². The van der Waals surface area contributed by atoms with Crippen molar-refractivity contribution in [2.24, 2.45) is 0 Å². The minimum Gasteiger partial charge on any atom is -0.450 e. The van der Waals surface area contributed by atoms with Gasteiger partial charge in [0.2, 0.25) is 0 Å². The number of ether oxygens (including phenoxy) is 4. The molecule has 8 heteroatoms. The maximum absolute atomic E-state index is 10.5. The van der Waals surface area contributed by atoms with Gasteiger partial charge in [0.1, 0.15) is 20.1 Å². The fourth-order valence-corrected chi connectivity index (χ4v) is 1.62. The quantitative estimate of drug-likeness (QED) is 0.351. The average molecular weight is 246 g/mol. The Labute approximate surface area is 100 Å². The summed E-state index contributed by atoms with van der Waals surface area (Å²) in [6.07, 6.45) is -3.97. The second kappa shape index (κ2) is 6.80. The predicted octanol–water partition coefficient (Wildman–Crippen LogP) is -1.03. The SMILES string of the molecule is [B]C1OC(CO)C(OC(=O)O)C1OCCOC. The maximum atomic E-state index is 10.5. The molecule has 0 aliphatic carbocycles. The first-order valence-corrected chi connectivity index (χ1v) is 5.12. The molecule has 1 heterocycles. The molecule has 4 atom stereocenters. The standard InChI is InChI=1S/C9H15BO7/c1-14-2-3-15-7-6(17-9(12)13)5(4-11)16-8(7)10/h5-8,11H,2-4H2,1H3,(H,12,13). The molecule has 0 aromatic heterocycles. The maximum Gasteiger partial charge on any atom is 0.506 e. The van der Waals surface area contributed by atoms with Gasteiger partial charge in [-0.15, -0.1) is 0 Å². The number of rotatable bonds is 6. The van der Waals surface area contributed by atoms with Gasteiger partial charge in [0.15, 0.2) is 6.10 Å². The molecular weight excluding hydrogens is 231 g/mol. The summed E-state index contributed by atoms with van der Waals surface area (Å²) in [5.41, 5.74) is 0. The van der Waals surface area contributed by atoms with E-state index in [-0.39, 0.29) is 6.61 Å². The highest BCUT2D eigenvalue weighted by Gasteiger charge is 2.45.